The quantitative estimate of drug-likeness (QED) is 0.128. The van der Waals surface area contributed by atoms with Gasteiger partial charge in [0.05, 0.1) is 11.5 Å². The Hall–Kier alpha value is -4.22. The van der Waals surface area contributed by atoms with E-state index in [4.69, 9.17) is 9.47 Å². The molecule has 51 heavy (non-hydrogen) atoms. The van der Waals surface area contributed by atoms with Crippen LogP contribution < -0.4 is 4.90 Å². The molecular weight excluding hydrogens is 705 g/mol. The molecule has 1 amide bonds. The van der Waals surface area contributed by atoms with Crippen LogP contribution in [0.5, 0.6) is 0 Å². The number of amides is 1. The molecule has 1 saturated heterocycles. The second-order valence-corrected chi connectivity index (χ2v) is 12.3. The van der Waals surface area contributed by atoms with Gasteiger partial charge in [-0.3, -0.25) is 14.5 Å². The minimum absolute atomic E-state index is 0.0314. The predicted octanol–water partition coefficient (Wildman–Crippen LogP) is 7.49. The molecule has 0 radical (unpaired) electrons. The number of rotatable bonds is 13. The van der Waals surface area contributed by atoms with Gasteiger partial charge in [0.15, 0.2) is 5.92 Å². The monoisotopic (exact) mass is 743 g/mol. The average molecular weight is 744 g/mol. The number of ether oxygens (including phenoxy) is 2. The second-order valence-electron chi connectivity index (χ2n) is 12.3. The topological polar surface area (TPSA) is 99.6 Å². The van der Waals surface area contributed by atoms with Crippen LogP contribution in [0.4, 0.5) is 50.0 Å². The average Bonchev–Trinajstić information content (AvgIpc) is 3.00. The minimum Gasteiger partial charge on any atom is -0.465 e. The summed E-state index contributed by atoms with van der Waals surface area (Å²) in [5.74, 6) is -5.88. The van der Waals surface area contributed by atoms with Crippen molar-refractivity contribution >= 4 is 23.7 Å². The van der Waals surface area contributed by atoms with Crippen molar-refractivity contribution in [2.24, 2.45) is 11.8 Å². The Morgan fingerprint density at radius 2 is 1.53 bits per heavy atom. The van der Waals surface area contributed by atoms with Gasteiger partial charge in [0, 0.05) is 64.3 Å². The number of benzene rings is 2. The normalized spacial score (nSPS) is 16.7. The Balaban J connectivity index is 2.01. The Morgan fingerprint density at radius 1 is 0.902 bits per heavy atom. The predicted molar refractivity (Wildman–Crippen MR) is 164 cm³/mol. The highest BCUT2D eigenvalue weighted by Gasteiger charge is 2.62. The fourth-order valence-electron chi connectivity index (χ4n) is 5.61. The summed E-state index contributed by atoms with van der Waals surface area (Å²) in [7, 11) is 0. The van der Waals surface area contributed by atoms with E-state index < -0.39 is 92.5 Å². The van der Waals surface area contributed by atoms with Gasteiger partial charge < -0.3 is 24.4 Å². The van der Waals surface area contributed by atoms with Crippen molar-refractivity contribution in [3.05, 3.63) is 65.2 Å². The van der Waals surface area contributed by atoms with Gasteiger partial charge >= 0.3 is 36.6 Å². The first-order chi connectivity index (χ1) is 23.6. The first kappa shape index (κ1) is 41.2. The van der Waals surface area contributed by atoms with Crippen LogP contribution in [0.1, 0.15) is 50.3 Å². The van der Waals surface area contributed by atoms with Gasteiger partial charge in [-0.15, -0.1) is 0 Å². The van der Waals surface area contributed by atoms with Crippen LogP contribution in [0.15, 0.2) is 48.5 Å². The van der Waals surface area contributed by atoms with E-state index in [1.54, 1.807) is 44.2 Å². The number of hydrogen-bond donors (Lipinski definition) is 1. The van der Waals surface area contributed by atoms with Crippen LogP contribution in [-0.2, 0) is 38.3 Å². The van der Waals surface area contributed by atoms with Crippen molar-refractivity contribution in [2.75, 3.05) is 31.1 Å². The van der Waals surface area contributed by atoms with E-state index in [1.165, 1.54) is 11.8 Å². The molecule has 0 spiro atoms. The van der Waals surface area contributed by atoms with Crippen LogP contribution in [0.25, 0.3) is 0 Å². The fraction of sp³-hybridized carbons (Fsp3) is 0.545. The van der Waals surface area contributed by atoms with E-state index in [0.29, 0.717) is 16.5 Å². The molecule has 1 heterocycles. The van der Waals surface area contributed by atoms with Crippen LogP contribution in [0.3, 0.4) is 0 Å². The van der Waals surface area contributed by atoms with Crippen LogP contribution in [0.2, 0.25) is 0 Å². The van der Waals surface area contributed by atoms with Gasteiger partial charge in [-0.1, -0.05) is 50.2 Å². The molecule has 0 aromatic heterocycles. The van der Waals surface area contributed by atoms with Gasteiger partial charge in [-0.2, -0.15) is 39.5 Å². The highest BCUT2D eigenvalue weighted by Crippen LogP contribution is 2.44. The number of halogens is 9. The number of piperazine rings is 1. The molecule has 2 atom stereocenters. The molecule has 18 heteroatoms. The van der Waals surface area contributed by atoms with E-state index >= 15 is 0 Å². The van der Waals surface area contributed by atoms with Gasteiger partial charge in [0.2, 0.25) is 6.29 Å². The third-order valence-corrected chi connectivity index (χ3v) is 8.10. The number of anilines is 1. The third-order valence-electron chi connectivity index (χ3n) is 8.10. The second kappa shape index (κ2) is 16.9. The molecule has 2 aromatic carbocycles. The molecule has 0 bridgehead atoms. The Kier molecular flexibility index (Phi) is 13.6. The first-order valence-electron chi connectivity index (χ1n) is 15.8. The summed E-state index contributed by atoms with van der Waals surface area (Å²) in [6.07, 6.45) is -19.8. The lowest BCUT2D eigenvalue weighted by Crippen LogP contribution is -2.62. The van der Waals surface area contributed by atoms with Gasteiger partial charge in [-0.25, -0.2) is 4.79 Å². The molecular formula is C33H38F9N3O6. The maximum atomic E-state index is 14.0. The van der Waals surface area contributed by atoms with E-state index in [1.807, 2.05) is 0 Å². The molecule has 3 rings (SSSR count). The van der Waals surface area contributed by atoms with Crippen molar-refractivity contribution in [3.63, 3.8) is 0 Å². The molecule has 1 aliphatic heterocycles. The lowest BCUT2D eigenvalue weighted by atomic mass is 9.93. The number of hydrogen-bond acceptors (Lipinski definition) is 7. The van der Waals surface area contributed by atoms with Crippen molar-refractivity contribution in [1.29, 1.82) is 0 Å². The zero-order chi connectivity index (χ0) is 38.3. The van der Waals surface area contributed by atoms with Crippen molar-refractivity contribution < 1.29 is 68.5 Å². The Labute approximate surface area is 287 Å². The molecule has 1 N–H and O–H groups in total. The van der Waals surface area contributed by atoms with E-state index in [2.05, 4.69) is 0 Å². The number of carboxylic acid groups (broad SMARTS) is 1. The summed E-state index contributed by atoms with van der Waals surface area (Å²) in [4.78, 5) is 38.5. The van der Waals surface area contributed by atoms with E-state index in [0.717, 1.165) is 17.0 Å². The molecule has 9 nitrogen and oxygen atoms in total. The Morgan fingerprint density at radius 3 is 2.08 bits per heavy atom. The van der Waals surface area contributed by atoms with E-state index in [9.17, 15) is 59.0 Å². The summed E-state index contributed by atoms with van der Waals surface area (Å²) < 4.78 is 136. The van der Waals surface area contributed by atoms with Crippen LogP contribution in [-0.4, -0.2) is 83.8 Å². The number of esters is 2. The maximum absolute atomic E-state index is 14.0. The zero-order valence-electron chi connectivity index (χ0n) is 27.8. The van der Waals surface area contributed by atoms with Crippen LogP contribution in [0, 0.1) is 11.8 Å². The highest BCUT2D eigenvalue weighted by molar-refractivity contribution is 5.72. The number of alkyl halides is 9. The summed E-state index contributed by atoms with van der Waals surface area (Å²) in [5, 5.41) is 9.39. The van der Waals surface area contributed by atoms with Gasteiger partial charge in [0.1, 0.15) is 0 Å². The molecule has 1 fully saturated rings. The Bertz CT molecular complexity index is 1470. The van der Waals surface area contributed by atoms with Crippen LogP contribution >= 0.6 is 0 Å². The number of carbonyl (C=O) groups excluding carboxylic acids is 2. The standard InChI is InChI=1S/C33H38F9N3O6/c1-20(2)29(47)51-21(3)50-27(46)10-7-13-43(17-22-8-5-4-6-9-22)25-16-24(31(34,35)36)12-11-23(25)18-44-14-15-45(30(48)49)19-26(44)28(32(37,38)39)33(40,41)42/h4-6,8-9,11-12,16,20-21,26,28H,7,10,13-15,17-19H2,1-3H3,(H,48,49). The lowest BCUT2D eigenvalue weighted by Gasteiger charge is -2.45. The third kappa shape index (κ3) is 11.9. The highest BCUT2D eigenvalue weighted by atomic mass is 19.4. The minimum atomic E-state index is -5.83. The largest absolute Gasteiger partial charge is 0.465 e. The fourth-order valence-corrected chi connectivity index (χ4v) is 5.61. The van der Waals surface area contributed by atoms with Gasteiger partial charge in [0.25, 0.3) is 0 Å². The molecule has 284 valence electrons. The smallest absolute Gasteiger partial charge is 0.416 e. The molecule has 2 aromatic rings. The lowest BCUT2D eigenvalue weighted by molar-refractivity contribution is -0.302. The summed E-state index contributed by atoms with van der Waals surface area (Å²) in [6.45, 7) is 1.38. The van der Waals surface area contributed by atoms with Crippen molar-refractivity contribution in [1.82, 2.24) is 9.80 Å². The zero-order valence-corrected chi connectivity index (χ0v) is 27.8. The van der Waals surface area contributed by atoms with Crippen molar-refractivity contribution in [2.45, 2.75) is 77.6 Å². The maximum Gasteiger partial charge on any atom is 0.416 e. The van der Waals surface area contributed by atoms with Crippen molar-refractivity contribution in [3.8, 4) is 0 Å². The molecule has 1 aliphatic rings. The summed E-state index contributed by atoms with van der Waals surface area (Å²) in [5.41, 5.74) is -0.793. The van der Waals surface area contributed by atoms with Gasteiger partial charge in [-0.05, 0) is 29.7 Å². The molecule has 2 unspecified atom stereocenters. The summed E-state index contributed by atoms with van der Waals surface area (Å²) in [6, 6.07) is 8.19. The molecule has 0 aliphatic carbocycles. The summed E-state index contributed by atoms with van der Waals surface area (Å²) >= 11 is 0. The SMILES string of the molecule is CC(OC(=O)CCCN(Cc1ccccc1)c1cc(C(F)(F)F)ccc1CN1CCN(C(=O)O)CC1C(C(F)(F)F)C(F)(F)F)OC(=O)C(C)C. The number of nitrogens with zero attached hydrogens (tertiary/aromatic N) is 3. The molecule has 0 saturated carbocycles. The number of carbonyl (C=O) groups is 3. The first-order valence-corrected chi connectivity index (χ1v) is 15.8. The van der Waals surface area contributed by atoms with E-state index in [-0.39, 0.29) is 37.2 Å².